The zero-order valence-corrected chi connectivity index (χ0v) is 11.2. The van der Waals surface area contributed by atoms with Crippen LogP contribution >= 0.6 is 11.3 Å². The molecular formula is C13H19NO2S. The molecule has 0 aliphatic heterocycles. The first kappa shape index (κ1) is 13.9. The Morgan fingerprint density at radius 3 is 3.06 bits per heavy atom. The van der Waals surface area contributed by atoms with E-state index >= 15 is 0 Å². The molecule has 1 rings (SSSR count). The first-order valence-electron chi connectivity index (χ1n) is 5.76. The van der Waals surface area contributed by atoms with E-state index in [1.807, 2.05) is 13.1 Å². The Morgan fingerprint density at radius 1 is 1.59 bits per heavy atom. The van der Waals surface area contributed by atoms with Crippen LogP contribution in [-0.2, 0) is 16.0 Å². The molecule has 17 heavy (non-hydrogen) atoms. The number of carbonyl (C=O) groups is 1. The standard InChI is InChI=1S/C13H19NO2S/c1-3-16-13(15)7-4-9-14(2)10-8-12-6-5-11-17-12/h4-7,11H,3,8-10H2,1-2H3/b7-4+. The third-order valence-electron chi connectivity index (χ3n) is 2.28. The molecule has 0 N–H and O–H groups in total. The summed E-state index contributed by atoms with van der Waals surface area (Å²) in [6.07, 6.45) is 4.39. The number of hydrogen-bond acceptors (Lipinski definition) is 4. The lowest BCUT2D eigenvalue weighted by atomic mass is 10.3. The summed E-state index contributed by atoms with van der Waals surface area (Å²) >= 11 is 1.78. The van der Waals surface area contributed by atoms with Crippen LogP contribution < -0.4 is 0 Å². The van der Waals surface area contributed by atoms with Gasteiger partial charge in [0.25, 0.3) is 0 Å². The molecule has 0 aliphatic rings. The first-order chi connectivity index (χ1) is 8.22. The van der Waals surface area contributed by atoms with Gasteiger partial charge in [-0.3, -0.25) is 0 Å². The number of likely N-dealkylation sites (N-methyl/N-ethyl adjacent to an activating group) is 1. The second-order valence-electron chi connectivity index (χ2n) is 3.75. The minimum absolute atomic E-state index is 0.265. The zero-order chi connectivity index (χ0) is 12.5. The molecule has 1 heterocycles. The highest BCUT2D eigenvalue weighted by molar-refractivity contribution is 7.09. The number of nitrogens with zero attached hydrogens (tertiary/aromatic N) is 1. The Morgan fingerprint density at radius 2 is 2.41 bits per heavy atom. The molecule has 0 spiro atoms. The van der Waals surface area contributed by atoms with Crippen LogP contribution in [0.15, 0.2) is 29.7 Å². The molecule has 0 saturated carbocycles. The average molecular weight is 253 g/mol. The number of hydrogen-bond donors (Lipinski definition) is 0. The smallest absolute Gasteiger partial charge is 0.330 e. The van der Waals surface area contributed by atoms with Crippen molar-refractivity contribution in [3.05, 3.63) is 34.5 Å². The minimum atomic E-state index is -0.265. The summed E-state index contributed by atoms with van der Waals surface area (Å²) in [5.74, 6) is -0.265. The van der Waals surface area contributed by atoms with E-state index in [1.54, 1.807) is 18.3 Å². The van der Waals surface area contributed by atoms with Crippen molar-refractivity contribution in [2.75, 3.05) is 26.7 Å². The maximum Gasteiger partial charge on any atom is 0.330 e. The van der Waals surface area contributed by atoms with Crippen molar-refractivity contribution in [3.63, 3.8) is 0 Å². The van der Waals surface area contributed by atoms with E-state index in [0.717, 1.165) is 19.5 Å². The first-order valence-corrected chi connectivity index (χ1v) is 6.64. The monoisotopic (exact) mass is 253 g/mol. The van der Waals surface area contributed by atoms with Crippen LogP contribution in [0.4, 0.5) is 0 Å². The largest absolute Gasteiger partial charge is 0.463 e. The molecule has 94 valence electrons. The maximum atomic E-state index is 11.0. The maximum absolute atomic E-state index is 11.0. The molecule has 0 radical (unpaired) electrons. The molecule has 0 atom stereocenters. The molecule has 3 nitrogen and oxygen atoms in total. The molecule has 0 aliphatic carbocycles. The van der Waals surface area contributed by atoms with E-state index in [1.165, 1.54) is 11.0 Å². The summed E-state index contributed by atoms with van der Waals surface area (Å²) in [7, 11) is 2.04. The molecule has 1 aromatic heterocycles. The molecule has 0 amide bonds. The molecule has 4 heteroatoms. The second-order valence-corrected chi connectivity index (χ2v) is 4.78. The van der Waals surface area contributed by atoms with E-state index in [9.17, 15) is 4.79 Å². The molecule has 0 fully saturated rings. The molecule has 0 unspecified atom stereocenters. The summed E-state index contributed by atoms with van der Waals surface area (Å²) in [5, 5.41) is 2.09. The predicted molar refractivity (Wildman–Crippen MR) is 71.3 cm³/mol. The van der Waals surface area contributed by atoms with Crippen LogP contribution in [0.3, 0.4) is 0 Å². The summed E-state index contributed by atoms with van der Waals surface area (Å²) in [6.45, 7) is 3.99. The van der Waals surface area contributed by atoms with E-state index in [0.29, 0.717) is 6.61 Å². The van der Waals surface area contributed by atoms with Gasteiger partial charge in [0.15, 0.2) is 0 Å². The minimum Gasteiger partial charge on any atom is -0.463 e. The number of esters is 1. The lowest BCUT2D eigenvalue weighted by Gasteiger charge is -2.13. The topological polar surface area (TPSA) is 29.5 Å². The van der Waals surface area contributed by atoms with Crippen LogP contribution in [0.1, 0.15) is 11.8 Å². The second kappa shape index (κ2) is 8.03. The highest BCUT2D eigenvalue weighted by Crippen LogP contribution is 2.09. The quantitative estimate of drug-likeness (QED) is 0.552. The summed E-state index contributed by atoms with van der Waals surface area (Å²) in [4.78, 5) is 14.6. The highest BCUT2D eigenvalue weighted by atomic mass is 32.1. The van der Waals surface area contributed by atoms with Crippen molar-refractivity contribution in [1.82, 2.24) is 4.90 Å². The average Bonchev–Trinajstić information content (AvgIpc) is 2.79. The Kier molecular flexibility index (Phi) is 6.58. The van der Waals surface area contributed by atoms with Gasteiger partial charge in [-0.05, 0) is 31.8 Å². The fraction of sp³-hybridized carbons (Fsp3) is 0.462. The molecule has 1 aromatic rings. The van der Waals surface area contributed by atoms with Gasteiger partial charge in [0.05, 0.1) is 6.61 Å². The van der Waals surface area contributed by atoms with E-state index in [2.05, 4.69) is 22.4 Å². The van der Waals surface area contributed by atoms with Crippen LogP contribution in [0.5, 0.6) is 0 Å². The van der Waals surface area contributed by atoms with Gasteiger partial charge >= 0.3 is 5.97 Å². The number of rotatable bonds is 7. The van der Waals surface area contributed by atoms with Crippen molar-refractivity contribution in [2.24, 2.45) is 0 Å². The van der Waals surface area contributed by atoms with Crippen molar-refractivity contribution < 1.29 is 9.53 Å². The van der Waals surface area contributed by atoms with Gasteiger partial charge in [0.1, 0.15) is 0 Å². The van der Waals surface area contributed by atoms with E-state index in [-0.39, 0.29) is 5.97 Å². The van der Waals surface area contributed by atoms with Crippen molar-refractivity contribution in [1.29, 1.82) is 0 Å². The number of carbonyl (C=O) groups excluding carboxylic acids is 1. The van der Waals surface area contributed by atoms with Gasteiger partial charge in [0, 0.05) is 24.0 Å². The summed E-state index contributed by atoms with van der Waals surface area (Å²) in [6, 6.07) is 4.22. The fourth-order valence-corrected chi connectivity index (χ4v) is 2.06. The van der Waals surface area contributed by atoms with E-state index in [4.69, 9.17) is 4.74 Å². The Balaban J connectivity index is 2.16. The van der Waals surface area contributed by atoms with Crippen molar-refractivity contribution in [3.8, 4) is 0 Å². The van der Waals surface area contributed by atoms with Crippen LogP contribution in [0.25, 0.3) is 0 Å². The molecule has 0 bridgehead atoms. The zero-order valence-electron chi connectivity index (χ0n) is 10.4. The summed E-state index contributed by atoms with van der Waals surface area (Å²) in [5.41, 5.74) is 0. The Labute approximate surface area is 107 Å². The van der Waals surface area contributed by atoms with Gasteiger partial charge in [-0.2, -0.15) is 0 Å². The van der Waals surface area contributed by atoms with Gasteiger partial charge in [-0.1, -0.05) is 12.1 Å². The van der Waals surface area contributed by atoms with Crippen molar-refractivity contribution in [2.45, 2.75) is 13.3 Å². The van der Waals surface area contributed by atoms with Gasteiger partial charge in [0.2, 0.25) is 0 Å². The number of ether oxygens (including phenoxy) is 1. The Hall–Kier alpha value is -1.13. The number of thiophene rings is 1. The molecular weight excluding hydrogens is 234 g/mol. The van der Waals surface area contributed by atoms with Gasteiger partial charge < -0.3 is 9.64 Å². The predicted octanol–water partition coefficient (Wildman–Crippen LogP) is 2.34. The van der Waals surface area contributed by atoms with Crippen molar-refractivity contribution >= 4 is 17.3 Å². The van der Waals surface area contributed by atoms with Crippen LogP contribution in [0, 0.1) is 0 Å². The third-order valence-corrected chi connectivity index (χ3v) is 3.21. The lowest BCUT2D eigenvalue weighted by molar-refractivity contribution is -0.137. The van der Waals surface area contributed by atoms with E-state index < -0.39 is 0 Å². The van der Waals surface area contributed by atoms with Gasteiger partial charge in [-0.25, -0.2) is 4.79 Å². The van der Waals surface area contributed by atoms with Crippen LogP contribution in [-0.4, -0.2) is 37.6 Å². The molecule has 0 saturated heterocycles. The fourth-order valence-electron chi connectivity index (χ4n) is 1.37. The normalized spacial score (nSPS) is 11.2. The van der Waals surface area contributed by atoms with Gasteiger partial charge in [-0.15, -0.1) is 11.3 Å². The molecule has 0 aromatic carbocycles. The Bertz CT molecular complexity index is 346. The highest BCUT2D eigenvalue weighted by Gasteiger charge is 1.99. The van der Waals surface area contributed by atoms with Crippen LogP contribution in [0.2, 0.25) is 0 Å². The third kappa shape index (κ3) is 6.24. The summed E-state index contributed by atoms with van der Waals surface area (Å²) < 4.78 is 4.80. The lowest BCUT2D eigenvalue weighted by Crippen LogP contribution is -2.21. The SMILES string of the molecule is CCOC(=O)/C=C/CN(C)CCc1cccs1.